The molecule has 1 fully saturated rings. The summed E-state index contributed by atoms with van der Waals surface area (Å²) in [7, 11) is 0. The maximum atomic E-state index is 13.5. The third-order valence-electron chi connectivity index (χ3n) is 5.45. The van der Waals surface area contributed by atoms with E-state index >= 15 is 0 Å². The van der Waals surface area contributed by atoms with Gasteiger partial charge < -0.3 is 5.32 Å². The number of para-hydroxylation sites is 1. The number of nitrogens with zero attached hydrogens (tertiary/aromatic N) is 1. The molecule has 0 bridgehead atoms. The van der Waals surface area contributed by atoms with Crippen LogP contribution in [-0.4, -0.2) is 22.8 Å². The van der Waals surface area contributed by atoms with E-state index in [0.717, 1.165) is 29.7 Å². The second-order valence-electron chi connectivity index (χ2n) is 6.95. The number of hydrogen-bond acceptors (Lipinski definition) is 3. The van der Waals surface area contributed by atoms with Gasteiger partial charge in [0, 0.05) is 18.2 Å². The maximum absolute atomic E-state index is 13.5. The van der Waals surface area contributed by atoms with Gasteiger partial charge in [-0.3, -0.25) is 14.5 Å². The fraction of sp³-hybridized carbons (Fsp3) is 0.333. The third kappa shape index (κ3) is 2.36. The van der Waals surface area contributed by atoms with E-state index in [9.17, 15) is 9.59 Å². The first-order valence-electron chi connectivity index (χ1n) is 8.91. The van der Waals surface area contributed by atoms with Crippen LogP contribution >= 0.6 is 0 Å². The Labute approximate surface area is 147 Å². The molecule has 0 radical (unpaired) electrons. The van der Waals surface area contributed by atoms with Crippen molar-refractivity contribution >= 4 is 17.5 Å². The molecule has 2 aromatic carbocycles. The molecule has 2 atom stereocenters. The van der Waals surface area contributed by atoms with Gasteiger partial charge in [0.05, 0.1) is 6.54 Å². The van der Waals surface area contributed by atoms with Gasteiger partial charge in [0.15, 0.2) is 0 Å². The predicted molar refractivity (Wildman–Crippen MR) is 97.1 cm³/mol. The van der Waals surface area contributed by atoms with Crippen molar-refractivity contribution in [3.8, 4) is 0 Å². The lowest BCUT2D eigenvalue weighted by molar-refractivity contribution is -0.140. The molecule has 2 aliphatic heterocycles. The zero-order valence-electron chi connectivity index (χ0n) is 14.4. The zero-order valence-corrected chi connectivity index (χ0v) is 14.4. The van der Waals surface area contributed by atoms with Crippen molar-refractivity contribution in [2.75, 3.05) is 5.32 Å². The number of anilines is 1. The first-order valence-corrected chi connectivity index (χ1v) is 8.91. The number of likely N-dealkylation sites (tertiary alicyclic amines) is 1. The highest BCUT2D eigenvalue weighted by molar-refractivity contribution is 6.11. The Bertz CT molecular complexity index is 818. The van der Waals surface area contributed by atoms with E-state index in [2.05, 4.69) is 12.2 Å². The highest BCUT2D eigenvalue weighted by atomic mass is 16.2. The number of imide groups is 1. The van der Waals surface area contributed by atoms with Crippen molar-refractivity contribution in [3.05, 3.63) is 65.7 Å². The van der Waals surface area contributed by atoms with Gasteiger partial charge >= 0.3 is 0 Å². The number of fused-ring (bicyclic) bond motifs is 2. The van der Waals surface area contributed by atoms with Crippen LogP contribution in [0, 0.1) is 0 Å². The summed E-state index contributed by atoms with van der Waals surface area (Å²) in [6.45, 7) is 2.46. The van der Waals surface area contributed by atoms with Crippen LogP contribution in [0.4, 0.5) is 5.69 Å². The van der Waals surface area contributed by atoms with E-state index in [4.69, 9.17) is 0 Å². The van der Waals surface area contributed by atoms with Crippen LogP contribution < -0.4 is 5.32 Å². The molecule has 2 heterocycles. The SMILES string of the molecule is CCC[C@H]1Nc2ccccc2[C@]12CC(=O)N(Cc1ccccc1)C2=O. The molecule has 4 nitrogen and oxygen atoms in total. The fourth-order valence-corrected chi connectivity index (χ4v) is 4.28. The molecule has 4 heteroatoms. The molecule has 4 rings (SSSR count). The molecule has 1 N–H and O–H groups in total. The molecule has 25 heavy (non-hydrogen) atoms. The van der Waals surface area contributed by atoms with E-state index in [1.54, 1.807) is 0 Å². The van der Waals surface area contributed by atoms with E-state index < -0.39 is 5.41 Å². The van der Waals surface area contributed by atoms with Crippen molar-refractivity contribution in [3.63, 3.8) is 0 Å². The largest absolute Gasteiger partial charge is 0.381 e. The Morgan fingerprint density at radius 2 is 1.80 bits per heavy atom. The Kier molecular flexibility index (Phi) is 3.83. The Morgan fingerprint density at radius 3 is 2.56 bits per heavy atom. The van der Waals surface area contributed by atoms with Crippen molar-refractivity contribution < 1.29 is 9.59 Å². The Hall–Kier alpha value is -2.62. The summed E-state index contributed by atoms with van der Waals surface area (Å²) in [6, 6.07) is 17.6. The summed E-state index contributed by atoms with van der Waals surface area (Å²) in [4.78, 5) is 27.7. The van der Waals surface area contributed by atoms with Gasteiger partial charge in [-0.05, 0) is 23.6 Å². The molecule has 2 aliphatic rings. The summed E-state index contributed by atoms with van der Waals surface area (Å²) >= 11 is 0. The minimum absolute atomic E-state index is 0.0212. The van der Waals surface area contributed by atoms with E-state index in [1.165, 1.54) is 4.90 Å². The van der Waals surface area contributed by atoms with E-state index in [-0.39, 0.29) is 24.3 Å². The van der Waals surface area contributed by atoms with Crippen molar-refractivity contribution in [2.24, 2.45) is 0 Å². The standard InChI is InChI=1S/C21H22N2O2/c1-2-8-18-21(16-11-6-7-12-17(16)22-18)13-19(24)23(20(21)25)14-15-9-4-3-5-10-15/h3-7,9-12,18,22H,2,8,13-14H2,1H3/t18-,21-/m1/s1. The Balaban J connectivity index is 1.73. The van der Waals surface area contributed by atoms with Crippen LogP contribution in [0.5, 0.6) is 0 Å². The van der Waals surface area contributed by atoms with Gasteiger partial charge in [0.1, 0.15) is 5.41 Å². The number of hydrogen-bond donors (Lipinski definition) is 1. The number of carbonyl (C=O) groups excluding carboxylic acids is 2. The van der Waals surface area contributed by atoms with Gasteiger partial charge in [0.2, 0.25) is 11.8 Å². The maximum Gasteiger partial charge on any atom is 0.242 e. The van der Waals surface area contributed by atoms with Gasteiger partial charge in [-0.2, -0.15) is 0 Å². The monoisotopic (exact) mass is 334 g/mol. The predicted octanol–water partition coefficient (Wildman–Crippen LogP) is 3.48. The average Bonchev–Trinajstić information content (AvgIpc) is 3.07. The number of benzene rings is 2. The lowest BCUT2D eigenvalue weighted by Crippen LogP contribution is -2.46. The quantitative estimate of drug-likeness (QED) is 0.871. The second kappa shape index (κ2) is 6.03. The summed E-state index contributed by atoms with van der Waals surface area (Å²) in [5.41, 5.74) is 2.19. The minimum atomic E-state index is -0.752. The third-order valence-corrected chi connectivity index (χ3v) is 5.45. The van der Waals surface area contributed by atoms with Crippen LogP contribution in [-0.2, 0) is 21.5 Å². The zero-order chi connectivity index (χ0) is 17.4. The highest BCUT2D eigenvalue weighted by Crippen LogP contribution is 2.49. The molecular formula is C21H22N2O2. The van der Waals surface area contributed by atoms with Crippen LogP contribution in [0.25, 0.3) is 0 Å². The molecule has 0 aliphatic carbocycles. The van der Waals surface area contributed by atoms with Crippen molar-refractivity contribution in [1.82, 2.24) is 4.90 Å². The summed E-state index contributed by atoms with van der Waals surface area (Å²) in [5.74, 6) is -0.134. The van der Waals surface area contributed by atoms with Crippen LogP contribution in [0.2, 0.25) is 0 Å². The van der Waals surface area contributed by atoms with Crippen molar-refractivity contribution in [1.29, 1.82) is 0 Å². The number of amides is 2. The van der Waals surface area contributed by atoms with Gasteiger partial charge in [-0.15, -0.1) is 0 Å². The molecular weight excluding hydrogens is 312 g/mol. The summed E-state index contributed by atoms with van der Waals surface area (Å²) in [5, 5.41) is 3.50. The normalized spacial score (nSPS) is 24.7. The lowest BCUT2D eigenvalue weighted by atomic mass is 9.74. The summed E-state index contributed by atoms with van der Waals surface area (Å²) < 4.78 is 0. The summed E-state index contributed by atoms with van der Waals surface area (Å²) in [6.07, 6.45) is 2.09. The second-order valence-corrected chi connectivity index (χ2v) is 6.95. The van der Waals surface area contributed by atoms with Crippen LogP contribution in [0.15, 0.2) is 54.6 Å². The number of carbonyl (C=O) groups is 2. The lowest BCUT2D eigenvalue weighted by Gasteiger charge is -2.29. The van der Waals surface area contributed by atoms with E-state index in [0.29, 0.717) is 6.54 Å². The van der Waals surface area contributed by atoms with Crippen molar-refractivity contribution in [2.45, 2.75) is 44.2 Å². The average molecular weight is 334 g/mol. The van der Waals surface area contributed by atoms with Crippen LogP contribution in [0.3, 0.4) is 0 Å². The van der Waals surface area contributed by atoms with E-state index in [1.807, 2.05) is 54.6 Å². The molecule has 1 saturated heterocycles. The first kappa shape index (κ1) is 15.9. The molecule has 0 unspecified atom stereocenters. The topological polar surface area (TPSA) is 49.4 Å². The molecule has 2 amide bonds. The molecule has 0 aromatic heterocycles. The molecule has 1 spiro atoms. The molecule has 128 valence electrons. The highest BCUT2D eigenvalue weighted by Gasteiger charge is 2.60. The van der Waals surface area contributed by atoms with Gasteiger partial charge in [-0.25, -0.2) is 0 Å². The molecule has 0 saturated carbocycles. The van der Waals surface area contributed by atoms with Gasteiger partial charge in [-0.1, -0.05) is 61.9 Å². The fourth-order valence-electron chi connectivity index (χ4n) is 4.28. The van der Waals surface area contributed by atoms with Crippen LogP contribution in [0.1, 0.15) is 37.3 Å². The number of nitrogens with one attached hydrogen (secondary N) is 1. The van der Waals surface area contributed by atoms with Gasteiger partial charge in [0.25, 0.3) is 0 Å². The molecule has 2 aromatic rings. The number of rotatable bonds is 4. The first-order chi connectivity index (χ1) is 12.2. The smallest absolute Gasteiger partial charge is 0.242 e. The Morgan fingerprint density at radius 1 is 1.08 bits per heavy atom. The minimum Gasteiger partial charge on any atom is -0.381 e.